The topological polar surface area (TPSA) is 49.8 Å². The molecule has 2 aromatic heterocycles. The maximum Gasteiger partial charge on any atom is 0.134 e. The van der Waals surface area contributed by atoms with Crippen LogP contribution in [0.1, 0.15) is 16.5 Å². The standard InChI is InChI=1S/C17H11BrN2OS/c1-11-5-6-15(21-11)8-13(9-19)17-20-16(10-22-17)12-3-2-4-14(18)7-12/h2-8,10H,1H3/b13-8-. The number of aromatic nitrogens is 1. The molecule has 1 aromatic carbocycles. The second kappa shape index (κ2) is 6.30. The summed E-state index contributed by atoms with van der Waals surface area (Å²) in [5, 5.41) is 12.0. The van der Waals surface area contributed by atoms with Gasteiger partial charge in [-0.05, 0) is 31.2 Å². The van der Waals surface area contributed by atoms with Gasteiger partial charge in [0.1, 0.15) is 22.6 Å². The summed E-state index contributed by atoms with van der Waals surface area (Å²) in [5.74, 6) is 1.48. The Bertz CT molecular complexity index is 886. The molecule has 0 unspecified atom stereocenters. The monoisotopic (exact) mass is 370 g/mol. The van der Waals surface area contributed by atoms with Gasteiger partial charge in [0.25, 0.3) is 0 Å². The van der Waals surface area contributed by atoms with Gasteiger partial charge >= 0.3 is 0 Å². The van der Waals surface area contributed by atoms with Crippen molar-refractivity contribution in [2.45, 2.75) is 6.92 Å². The first kappa shape index (κ1) is 14.8. The minimum Gasteiger partial charge on any atom is -0.462 e. The molecule has 108 valence electrons. The fourth-order valence-electron chi connectivity index (χ4n) is 1.99. The molecule has 3 aromatic rings. The zero-order valence-corrected chi connectivity index (χ0v) is 14.1. The van der Waals surface area contributed by atoms with E-state index in [2.05, 4.69) is 27.0 Å². The number of benzene rings is 1. The Balaban J connectivity index is 1.95. The van der Waals surface area contributed by atoms with E-state index in [1.807, 2.05) is 48.7 Å². The summed E-state index contributed by atoms with van der Waals surface area (Å²) in [7, 11) is 0. The van der Waals surface area contributed by atoms with E-state index in [1.165, 1.54) is 11.3 Å². The van der Waals surface area contributed by atoms with Gasteiger partial charge in [0.05, 0.1) is 11.3 Å². The lowest BCUT2D eigenvalue weighted by atomic mass is 10.2. The van der Waals surface area contributed by atoms with Crippen molar-refractivity contribution >= 4 is 38.9 Å². The van der Waals surface area contributed by atoms with E-state index < -0.39 is 0 Å². The lowest BCUT2D eigenvalue weighted by Crippen LogP contribution is -1.82. The number of thiazole rings is 1. The maximum absolute atomic E-state index is 9.37. The molecule has 0 aliphatic rings. The van der Waals surface area contributed by atoms with E-state index in [9.17, 15) is 5.26 Å². The lowest BCUT2D eigenvalue weighted by molar-refractivity contribution is 0.525. The fraction of sp³-hybridized carbons (Fsp3) is 0.0588. The molecular formula is C17H11BrN2OS. The molecule has 0 spiro atoms. The number of rotatable bonds is 3. The predicted octanol–water partition coefficient (Wildman–Crippen LogP) is 5.54. The van der Waals surface area contributed by atoms with Crippen LogP contribution in [0.4, 0.5) is 0 Å². The Morgan fingerprint density at radius 3 is 2.91 bits per heavy atom. The van der Waals surface area contributed by atoms with Gasteiger partial charge in [0.15, 0.2) is 0 Å². The minimum atomic E-state index is 0.501. The van der Waals surface area contributed by atoms with Gasteiger partial charge in [-0.1, -0.05) is 28.1 Å². The van der Waals surface area contributed by atoms with E-state index in [0.29, 0.717) is 16.3 Å². The van der Waals surface area contributed by atoms with Crippen molar-refractivity contribution in [3.8, 4) is 17.3 Å². The minimum absolute atomic E-state index is 0.501. The van der Waals surface area contributed by atoms with E-state index in [4.69, 9.17) is 4.42 Å². The molecule has 0 aliphatic carbocycles. The molecule has 2 heterocycles. The normalized spacial score (nSPS) is 11.4. The van der Waals surface area contributed by atoms with Crippen LogP contribution in [-0.4, -0.2) is 4.98 Å². The summed E-state index contributed by atoms with van der Waals surface area (Å²) in [6, 6.07) is 13.8. The molecular weight excluding hydrogens is 360 g/mol. The second-order valence-electron chi connectivity index (χ2n) is 4.67. The first-order chi connectivity index (χ1) is 10.7. The molecule has 3 nitrogen and oxygen atoms in total. The van der Waals surface area contributed by atoms with E-state index in [1.54, 1.807) is 6.08 Å². The van der Waals surface area contributed by atoms with Crippen molar-refractivity contribution < 1.29 is 4.42 Å². The predicted molar refractivity (Wildman–Crippen MR) is 92.2 cm³/mol. The molecule has 0 amide bonds. The Morgan fingerprint density at radius 1 is 1.36 bits per heavy atom. The molecule has 0 N–H and O–H groups in total. The van der Waals surface area contributed by atoms with Crippen LogP contribution in [0.25, 0.3) is 22.9 Å². The van der Waals surface area contributed by atoms with Gasteiger partial charge in [-0.2, -0.15) is 5.26 Å². The number of halogens is 1. The highest BCUT2D eigenvalue weighted by Gasteiger charge is 2.10. The SMILES string of the molecule is Cc1ccc(/C=C(/C#N)c2nc(-c3cccc(Br)c3)cs2)o1. The summed E-state index contributed by atoms with van der Waals surface area (Å²) in [4.78, 5) is 4.56. The highest BCUT2D eigenvalue weighted by molar-refractivity contribution is 9.10. The van der Waals surface area contributed by atoms with Crippen LogP contribution in [0.5, 0.6) is 0 Å². The van der Waals surface area contributed by atoms with E-state index >= 15 is 0 Å². The summed E-state index contributed by atoms with van der Waals surface area (Å²) < 4.78 is 6.49. The molecule has 5 heteroatoms. The van der Waals surface area contributed by atoms with Gasteiger partial charge in [-0.25, -0.2) is 4.98 Å². The third-order valence-corrected chi connectivity index (χ3v) is 4.39. The van der Waals surface area contributed by atoms with Crippen LogP contribution in [0.2, 0.25) is 0 Å². The smallest absolute Gasteiger partial charge is 0.134 e. The van der Waals surface area contributed by atoms with Crippen LogP contribution in [0.15, 0.2) is 50.7 Å². The van der Waals surface area contributed by atoms with Crippen molar-refractivity contribution in [2.75, 3.05) is 0 Å². The van der Waals surface area contributed by atoms with Crippen LogP contribution in [0.3, 0.4) is 0 Å². The summed E-state index contributed by atoms with van der Waals surface area (Å²) in [6.07, 6.45) is 1.72. The van der Waals surface area contributed by atoms with Crippen LogP contribution < -0.4 is 0 Å². The van der Waals surface area contributed by atoms with Crippen molar-refractivity contribution in [3.63, 3.8) is 0 Å². The average Bonchev–Trinajstić information content (AvgIpc) is 3.14. The number of allylic oxidation sites excluding steroid dienone is 1. The molecule has 0 atom stereocenters. The Labute approximate surface area is 140 Å². The number of aryl methyl sites for hydroxylation is 1. The summed E-state index contributed by atoms with van der Waals surface area (Å²) in [5.41, 5.74) is 2.38. The van der Waals surface area contributed by atoms with Gasteiger partial charge in [-0.15, -0.1) is 11.3 Å². The molecule has 0 aliphatic heterocycles. The van der Waals surface area contributed by atoms with Gasteiger partial charge in [0.2, 0.25) is 0 Å². The number of nitriles is 1. The number of hydrogen-bond donors (Lipinski definition) is 0. The third kappa shape index (κ3) is 3.19. The van der Waals surface area contributed by atoms with E-state index in [-0.39, 0.29) is 0 Å². The lowest BCUT2D eigenvalue weighted by Gasteiger charge is -1.97. The fourth-order valence-corrected chi connectivity index (χ4v) is 3.19. The van der Waals surface area contributed by atoms with Crippen molar-refractivity contribution in [1.29, 1.82) is 5.26 Å². The summed E-state index contributed by atoms with van der Waals surface area (Å²) >= 11 is 4.90. The molecule has 3 rings (SSSR count). The molecule has 0 saturated carbocycles. The van der Waals surface area contributed by atoms with Gasteiger partial charge in [-0.3, -0.25) is 0 Å². The zero-order valence-electron chi connectivity index (χ0n) is 11.7. The second-order valence-corrected chi connectivity index (χ2v) is 6.44. The van der Waals surface area contributed by atoms with Gasteiger partial charge in [0, 0.05) is 21.5 Å². The first-order valence-electron chi connectivity index (χ1n) is 6.56. The quantitative estimate of drug-likeness (QED) is 0.568. The number of hydrogen-bond acceptors (Lipinski definition) is 4. The molecule has 0 bridgehead atoms. The molecule has 22 heavy (non-hydrogen) atoms. The first-order valence-corrected chi connectivity index (χ1v) is 8.23. The van der Waals surface area contributed by atoms with Crippen LogP contribution >= 0.6 is 27.3 Å². The van der Waals surface area contributed by atoms with Gasteiger partial charge < -0.3 is 4.42 Å². The molecule has 0 radical (unpaired) electrons. The van der Waals surface area contributed by atoms with Crippen molar-refractivity contribution in [3.05, 3.63) is 62.8 Å². The van der Waals surface area contributed by atoms with Crippen molar-refractivity contribution in [2.24, 2.45) is 0 Å². The highest BCUT2D eigenvalue weighted by atomic mass is 79.9. The maximum atomic E-state index is 9.37. The van der Waals surface area contributed by atoms with Crippen LogP contribution in [0, 0.1) is 18.3 Å². The highest BCUT2D eigenvalue weighted by Crippen LogP contribution is 2.28. The Morgan fingerprint density at radius 2 is 2.23 bits per heavy atom. The van der Waals surface area contributed by atoms with E-state index in [0.717, 1.165) is 21.5 Å². The van der Waals surface area contributed by atoms with Crippen molar-refractivity contribution in [1.82, 2.24) is 4.98 Å². The average molecular weight is 371 g/mol. The zero-order chi connectivity index (χ0) is 15.5. The number of nitrogens with zero attached hydrogens (tertiary/aromatic N) is 2. The largest absolute Gasteiger partial charge is 0.462 e. The number of furan rings is 1. The third-order valence-electron chi connectivity index (χ3n) is 3.02. The summed E-state index contributed by atoms with van der Waals surface area (Å²) in [6.45, 7) is 1.87. The Hall–Kier alpha value is -2.16. The Kier molecular flexibility index (Phi) is 4.23. The van der Waals surface area contributed by atoms with Crippen LogP contribution in [-0.2, 0) is 0 Å². The molecule has 0 fully saturated rings. The molecule has 0 saturated heterocycles.